The number of benzene rings is 2. The van der Waals surface area contributed by atoms with Gasteiger partial charge in [-0.2, -0.15) is 5.26 Å². The van der Waals surface area contributed by atoms with Crippen LogP contribution in [-0.2, 0) is 20.9 Å². The van der Waals surface area contributed by atoms with Crippen molar-refractivity contribution in [2.75, 3.05) is 6.54 Å². The van der Waals surface area contributed by atoms with E-state index in [0.29, 0.717) is 12.0 Å². The predicted octanol–water partition coefficient (Wildman–Crippen LogP) is 4.64. The molecule has 3 amide bonds. The summed E-state index contributed by atoms with van der Waals surface area (Å²) >= 11 is 0. The van der Waals surface area contributed by atoms with Crippen molar-refractivity contribution in [2.24, 2.45) is 5.92 Å². The number of ether oxygens (including phenoxy) is 1. The van der Waals surface area contributed by atoms with E-state index in [1.807, 2.05) is 75.4 Å². The highest BCUT2D eigenvalue weighted by Gasteiger charge is 2.36. The van der Waals surface area contributed by atoms with E-state index in [1.165, 1.54) is 4.90 Å². The largest absolute Gasteiger partial charge is 0.444 e. The Morgan fingerprint density at radius 3 is 2.30 bits per heavy atom. The van der Waals surface area contributed by atoms with E-state index < -0.39 is 35.6 Å². The summed E-state index contributed by atoms with van der Waals surface area (Å²) in [5.41, 5.74) is 1.65. The highest BCUT2D eigenvalue weighted by Crippen LogP contribution is 2.25. The molecular weight excluding hydrogens is 468 g/mol. The molecular formula is C29H38N4O4. The molecule has 0 bridgehead atoms. The minimum atomic E-state index is -1.06. The normalized spacial score (nSPS) is 12.7. The molecule has 8 heteroatoms. The summed E-state index contributed by atoms with van der Waals surface area (Å²) in [5.74, 6) is -0.891. The van der Waals surface area contributed by atoms with Crippen molar-refractivity contribution in [3.63, 3.8) is 0 Å². The number of carbonyl (C=O) groups is 3. The average molecular weight is 507 g/mol. The fraction of sp³-hybridized carbons (Fsp3) is 0.448. The molecule has 2 N–H and O–H groups in total. The molecule has 0 saturated heterocycles. The number of carbonyl (C=O) groups excluding carboxylic acids is 3. The van der Waals surface area contributed by atoms with Gasteiger partial charge in [-0.05, 0) is 51.2 Å². The van der Waals surface area contributed by atoms with E-state index in [4.69, 9.17) is 4.74 Å². The quantitative estimate of drug-likeness (QED) is 0.456. The lowest BCUT2D eigenvalue weighted by Crippen LogP contribution is -2.53. The molecule has 2 unspecified atom stereocenters. The minimum Gasteiger partial charge on any atom is -0.444 e. The van der Waals surface area contributed by atoms with E-state index in [2.05, 4.69) is 10.6 Å². The monoisotopic (exact) mass is 506 g/mol. The smallest absolute Gasteiger partial charge is 0.408 e. The second-order valence-electron chi connectivity index (χ2n) is 10.5. The molecule has 0 aliphatic carbocycles. The Morgan fingerprint density at radius 1 is 1.05 bits per heavy atom. The summed E-state index contributed by atoms with van der Waals surface area (Å²) in [5, 5.41) is 15.2. The topological polar surface area (TPSA) is 112 Å². The van der Waals surface area contributed by atoms with Crippen LogP contribution in [0.4, 0.5) is 4.79 Å². The van der Waals surface area contributed by atoms with E-state index in [1.54, 1.807) is 26.8 Å². The number of nitriles is 1. The van der Waals surface area contributed by atoms with Gasteiger partial charge in [-0.1, -0.05) is 74.0 Å². The number of rotatable bonds is 10. The number of amides is 3. The summed E-state index contributed by atoms with van der Waals surface area (Å²) in [4.78, 5) is 41.3. The minimum absolute atomic E-state index is 0.0529. The fourth-order valence-electron chi connectivity index (χ4n) is 3.91. The van der Waals surface area contributed by atoms with Gasteiger partial charge in [0, 0.05) is 6.54 Å². The highest BCUT2D eigenvalue weighted by molar-refractivity contribution is 5.92. The van der Waals surface area contributed by atoms with Gasteiger partial charge < -0.3 is 20.3 Å². The molecule has 0 heterocycles. The predicted molar refractivity (Wildman–Crippen MR) is 142 cm³/mol. The van der Waals surface area contributed by atoms with Gasteiger partial charge in [0.2, 0.25) is 11.8 Å². The molecule has 2 atom stereocenters. The molecule has 8 nitrogen and oxygen atoms in total. The number of aryl methyl sites for hydroxylation is 1. The van der Waals surface area contributed by atoms with Crippen LogP contribution in [-0.4, -0.2) is 41.0 Å². The number of nitrogens with zero attached hydrogens (tertiary/aromatic N) is 2. The maximum absolute atomic E-state index is 13.9. The molecule has 0 aliphatic heterocycles. The van der Waals surface area contributed by atoms with Gasteiger partial charge in [0.1, 0.15) is 24.2 Å². The Hall–Kier alpha value is -3.86. The van der Waals surface area contributed by atoms with Crippen molar-refractivity contribution in [3.8, 4) is 6.07 Å². The summed E-state index contributed by atoms with van der Waals surface area (Å²) in [6.07, 6.45) is -0.421. The first-order valence-corrected chi connectivity index (χ1v) is 12.5. The van der Waals surface area contributed by atoms with Crippen molar-refractivity contribution in [3.05, 3.63) is 71.3 Å². The van der Waals surface area contributed by atoms with Crippen molar-refractivity contribution in [2.45, 2.75) is 72.2 Å². The zero-order valence-electron chi connectivity index (χ0n) is 22.6. The molecule has 0 spiro atoms. The molecule has 0 radical (unpaired) electrons. The zero-order chi connectivity index (χ0) is 27.6. The van der Waals surface area contributed by atoms with E-state index in [-0.39, 0.29) is 19.0 Å². The van der Waals surface area contributed by atoms with Gasteiger partial charge in [0.25, 0.3) is 0 Å². The first-order chi connectivity index (χ1) is 17.4. The van der Waals surface area contributed by atoms with Crippen LogP contribution in [0.15, 0.2) is 54.6 Å². The summed E-state index contributed by atoms with van der Waals surface area (Å²) < 4.78 is 5.37. The van der Waals surface area contributed by atoms with Crippen LogP contribution in [0.1, 0.15) is 63.8 Å². The molecule has 2 rings (SSSR count). The Morgan fingerprint density at radius 2 is 1.73 bits per heavy atom. The summed E-state index contributed by atoms with van der Waals surface area (Å²) in [7, 11) is 0. The van der Waals surface area contributed by atoms with E-state index >= 15 is 0 Å². The van der Waals surface area contributed by atoms with Crippen molar-refractivity contribution in [1.82, 2.24) is 15.5 Å². The van der Waals surface area contributed by atoms with Crippen LogP contribution >= 0.6 is 0 Å². The van der Waals surface area contributed by atoms with Gasteiger partial charge in [-0.25, -0.2) is 4.79 Å². The zero-order valence-corrected chi connectivity index (χ0v) is 22.6. The Bertz CT molecular complexity index is 1100. The molecule has 2 aromatic carbocycles. The maximum Gasteiger partial charge on any atom is 0.408 e. The molecule has 0 aliphatic rings. The van der Waals surface area contributed by atoms with Crippen LogP contribution in [0, 0.1) is 24.2 Å². The third kappa shape index (κ3) is 9.60. The maximum atomic E-state index is 13.9. The SMILES string of the molecule is Cc1cccc(C(C(=O)NCc2ccccc2)N(CC#N)C(=O)C(CC(C)C)NC(=O)OC(C)(C)C)c1. The third-order valence-electron chi connectivity index (χ3n) is 5.45. The third-order valence-corrected chi connectivity index (χ3v) is 5.45. The molecule has 37 heavy (non-hydrogen) atoms. The molecule has 0 saturated carbocycles. The van der Waals surface area contributed by atoms with Gasteiger partial charge >= 0.3 is 6.09 Å². The Balaban J connectivity index is 2.43. The number of hydrogen-bond donors (Lipinski definition) is 2. The van der Waals surface area contributed by atoms with Crippen molar-refractivity contribution >= 4 is 17.9 Å². The molecule has 2 aromatic rings. The highest BCUT2D eigenvalue weighted by atomic mass is 16.6. The summed E-state index contributed by atoms with van der Waals surface area (Å²) in [6.45, 7) is 10.9. The lowest BCUT2D eigenvalue weighted by atomic mass is 9.98. The van der Waals surface area contributed by atoms with E-state index in [0.717, 1.165) is 11.1 Å². The van der Waals surface area contributed by atoms with Crippen molar-refractivity contribution in [1.29, 1.82) is 5.26 Å². The van der Waals surface area contributed by atoms with Crippen LogP contribution < -0.4 is 10.6 Å². The second kappa shape index (κ2) is 13.4. The van der Waals surface area contributed by atoms with Gasteiger partial charge in [0.05, 0.1) is 6.07 Å². The first kappa shape index (κ1) is 29.4. The van der Waals surface area contributed by atoms with Crippen molar-refractivity contribution < 1.29 is 19.1 Å². The van der Waals surface area contributed by atoms with Crippen LogP contribution in [0.25, 0.3) is 0 Å². The standard InChI is InChI=1S/C29H38N4O4/c1-20(2)17-24(32-28(36)37-29(4,5)6)27(35)33(16-15-30)25(23-14-10-11-21(3)18-23)26(34)31-19-22-12-8-7-9-13-22/h7-14,18,20,24-25H,16-17,19H2,1-6H3,(H,31,34)(H,32,36). The Kier molecular flexibility index (Phi) is 10.7. The fourth-order valence-corrected chi connectivity index (χ4v) is 3.91. The van der Waals surface area contributed by atoms with Crippen LogP contribution in [0.5, 0.6) is 0 Å². The van der Waals surface area contributed by atoms with Gasteiger partial charge in [-0.3, -0.25) is 9.59 Å². The van der Waals surface area contributed by atoms with Crippen LogP contribution in [0.2, 0.25) is 0 Å². The molecule has 0 fully saturated rings. The van der Waals surface area contributed by atoms with Gasteiger partial charge in [0.15, 0.2) is 0 Å². The van der Waals surface area contributed by atoms with E-state index in [9.17, 15) is 19.6 Å². The van der Waals surface area contributed by atoms with Crippen LogP contribution in [0.3, 0.4) is 0 Å². The average Bonchev–Trinajstić information content (AvgIpc) is 2.81. The number of nitrogens with one attached hydrogen (secondary N) is 2. The summed E-state index contributed by atoms with van der Waals surface area (Å²) in [6, 6.07) is 16.7. The lowest BCUT2D eigenvalue weighted by Gasteiger charge is -2.33. The Labute approximate surface area is 220 Å². The lowest BCUT2D eigenvalue weighted by molar-refractivity contribution is -0.142. The number of alkyl carbamates (subject to hydrolysis) is 1. The first-order valence-electron chi connectivity index (χ1n) is 12.5. The number of hydrogen-bond acceptors (Lipinski definition) is 5. The molecule has 198 valence electrons. The van der Waals surface area contributed by atoms with Gasteiger partial charge in [-0.15, -0.1) is 0 Å². The second-order valence-corrected chi connectivity index (χ2v) is 10.5. The molecule has 0 aromatic heterocycles.